The lowest BCUT2D eigenvalue weighted by Crippen LogP contribution is -1.92. The number of Topliss-reactive ketones (excluding diaryl/α,β-unsaturated/α-hetero) is 1. The molecule has 1 aromatic carbocycles. The van der Waals surface area contributed by atoms with Crippen LogP contribution in [0.15, 0.2) is 30.3 Å². The number of carbonyl (C=O) groups is 1. The predicted molar refractivity (Wildman–Crippen MR) is 62.9 cm³/mol. The molecule has 84 valence electrons. The smallest absolute Gasteiger partial charge is 0.132 e. The molecule has 2 heteroatoms. The first kappa shape index (κ1) is 13.7. The third kappa shape index (κ3) is 9.01. The summed E-state index contributed by atoms with van der Waals surface area (Å²) in [6.07, 6.45) is 3.69. The second kappa shape index (κ2) is 9.25. The van der Waals surface area contributed by atoms with E-state index in [-0.39, 0.29) is 0 Å². The number of para-hydroxylation sites is 1. The van der Waals surface area contributed by atoms with E-state index in [0.717, 1.165) is 19.3 Å². The maximum Gasteiger partial charge on any atom is 0.132 e. The Kier molecular flexibility index (Phi) is 8.44. The van der Waals surface area contributed by atoms with Crippen LogP contribution in [0.1, 0.15) is 39.5 Å². The largest absolute Gasteiger partial charge is 0.508 e. The molecule has 0 saturated heterocycles. The van der Waals surface area contributed by atoms with Gasteiger partial charge >= 0.3 is 0 Å². The first-order valence-electron chi connectivity index (χ1n) is 5.46. The zero-order valence-corrected chi connectivity index (χ0v) is 9.57. The van der Waals surface area contributed by atoms with Gasteiger partial charge < -0.3 is 5.11 Å². The lowest BCUT2D eigenvalue weighted by Gasteiger charge is -1.91. The standard InChI is InChI=1S/C7H14O.C6H6O/c1-3-5-6-7(8)4-2;7-6-4-2-1-3-5-6/h3-6H2,1-2H3;1-5,7H. The van der Waals surface area contributed by atoms with Crippen molar-refractivity contribution in [3.63, 3.8) is 0 Å². The molecule has 0 aliphatic rings. The highest BCUT2D eigenvalue weighted by Gasteiger charge is 1.93. The van der Waals surface area contributed by atoms with E-state index in [1.54, 1.807) is 24.3 Å². The van der Waals surface area contributed by atoms with Crippen LogP contribution in [0.5, 0.6) is 5.75 Å². The number of phenolic OH excluding ortho intramolecular Hbond substituents is 1. The average Bonchev–Trinajstić information content (AvgIpc) is 2.28. The van der Waals surface area contributed by atoms with Crippen LogP contribution < -0.4 is 0 Å². The quantitative estimate of drug-likeness (QED) is 0.821. The van der Waals surface area contributed by atoms with Gasteiger partial charge in [0.1, 0.15) is 11.5 Å². The van der Waals surface area contributed by atoms with E-state index in [9.17, 15) is 4.79 Å². The van der Waals surface area contributed by atoms with Gasteiger partial charge in [0, 0.05) is 12.8 Å². The van der Waals surface area contributed by atoms with Crippen molar-refractivity contribution in [3.8, 4) is 5.75 Å². The van der Waals surface area contributed by atoms with Crippen LogP contribution in [0.2, 0.25) is 0 Å². The number of rotatable bonds is 4. The Morgan fingerprint density at radius 2 is 1.80 bits per heavy atom. The van der Waals surface area contributed by atoms with Gasteiger partial charge in [0.25, 0.3) is 0 Å². The van der Waals surface area contributed by atoms with Crippen LogP contribution in [0, 0.1) is 0 Å². The fourth-order valence-electron chi connectivity index (χ4n) is 0.979. The predicted octanol–water partition coefficient (Wildman–Crippen LogP) is 3.55. The summed E-state index contributed by atoms with van der Waals surface area (Å²) >= 11 is 0. The number of benzene rings is 1. The first-order chi connectivity index (χ1) is 7.20. The molecule has 0 fully saturated rings. The summed E-state index contributed by atoms with van der Waals surface area (Å²) in [5.41, 5.74) is 0. The molecule has 0 saturated carbocycles. The molecule has 0 bridgehead atoms. The fraction of sp³-hybridized carbons (Fsp3) is 0.462. The minimum atomic E-state index is 0.322. The van der Waals surface area contributed by atoms with Gasteiger partial charge in [-0.25, -0.2) is 0 Å². The third-order valence-electron chi connectivity index (χ3n) is 1.96. The molecule has 0 aliphatic carbocycles. The number of aromatic hydroxyl groups is 1. The Morgan fingerprint density at radius 3 is 2.13 bits per heavy atom. The van der Waals surface area contributed by atoms with Crippen molar-refractivity contribution in [1.29, 1.82) is 0 Å². The molecule has 0 aliphatic heterocycles. The Labute approximate surface area is 91.9 Å². The highest BCUT2D eigenvalue weighted by atomic mass is 16.3. The van der Waals surface area contributed by atoms with Gasteiger partial charge in [0.2, 0.25) is 0 Å². The van der Waals surface area contributed by atoms with E-state index in [4.69, 9.17) is 5.11 Å². The number of phenols is 1. The highest BCUT2D eigenvalue weighted by Crippen LogP contribution is 2.02. The average molecular weight is 208 g/mol. The van der Waals surface area contributed by atoms with Gasteiger partial charge in [-0.1, -0.05) is 38.5 Å². The van der Waals surface area contributed by atoms with Crippen molar-refractivity contribution >= 4 is 5.78 Å². The highest BCUT2D eigenvalue weighted by molar-refractivity contribution is 5.77. The molecule has 0 radical (unpaired) electrons. The summed E-state index contributed by atoms with van der Waals surface area (Å²) < 4.78 is 0. The number of hydrogen-bond donors (Lipinski definition) is 1. The third-order valence-corrected chi connectivity index (χ3v) is 1.96. The molecule has 1 aromatic rings. The molecular formula is C13H20O2. The first-order valence-corrected chi connectivity index (χ1v) is 5.46. The molecule has 0 spiro atoms. The number of unbranched alkanes of at least 4 members (excludes halogenated alkanes) is 1. The van der Waals surface area contributed by atoms with Gasteiger partial charge in [0.15, 0.2) is 0 Å². The van der Waals surface area contributed by atoms with E-state index in [1.165, 1.54) is 0 Å². The lowest BCUT2D eigenvalue weighted by molar-refractivity contribution is -0.118. The number of ketones is 1. The van der Waals surface area contributed by atoms with Crippen LogP contribution in [0.3, 0.4) is 0 Å². The Hall–Kier alpha value is -1.31. The van der Waals surface area contributed by atoms with Crippen molar-refractivity contribution < 1.29 is 9.90 Å². The molecule has 15 heavy (non-hydrogen) atoms. The summed E-state index contributed by atoms with van der Waals surface area (Å²) in [4.78, 5) is 10.6. The maximum atomic E-state index is 10.6. The van der Waals surface area contributed by atoms with E-state index in [2.05, 4.69) is 6.92 Å². The normalized spacial score (nSPS) is 8.93. The van der Waals surface area contributed by atoms with E-state index in [0.29, 0.717) is 18.0 Å². The molecule has 2 nitrogen and oxygen atoms in total. The summed E-state index contributed by atoms with van der Waals surface area (Å²) in [5, 5.41) is 8.63. The molecule has 0 aromatic heterocycles. The van der Waals surface area contributed by atoms with E-state index >= 15 is 0 Å². The van der Waals surface area contributed by atoms with Gasteiger partial charge in [0.05, 0.1) is 0 Å². The van der Waals surface area contributed by atoms with Crippen LogP contribution >= 0.6 is 0 Å². The SMILES string of the molecule is CCCCC(=O)CC.Oc1ccccc1. The van der Waals surface area contributed by atoms with Crippen LogP contribution in [0.25, 0.3) is 0 Å². The molecule has 0 heterocycles. The molecule has 1 rings (SSSR count). The Balaban J connectivity index is 0.000000262. The van der Waals surface area contributed by atoms with Gasteiger partial charge in [-0.05, 0) is 18.6 Å². The maximum absolute atomic E-state index is 10.6. The molecule has 0 atom stereocenters. The molecule has 0 unspecified atom stereocenters. The minimum Gasteiger partial charge on any atom is -0.508 e. The van der Waals surface area contributed by atoms with Crippen LogP contribution in [-0.4, -0.2) is 10.9 Å². The zero-order valence-electron chi connectivity index (χ0n) is 9.57. The lowest BCUT2D eigenvalue weighted by atomic mass is 10.1. The zero-order chi connectivity index (χ0) is 11.5. The topological polar surface area (TPSA) is 37.3 Å². The summed E-state index contributed by atoms with van der Waals surface area (Å²) in [7, 11) is 0. The summed E-state index contributed by atoms with van der Waals surface area (Å²) in [6.45, 7) is 4.01. The van der Waals surface area contributed by atoms with Gasteiger partial charge in [-0.15, -0.1) is 0 Å². The second-order valence-corrected chi connectivity index (χ2v) is 3.33. The van der Waals surface area contributed by atoms with E-state index in [1.807, 2.05) is 13.0 Å². The molecule has 0 amide bonds. The van der Waals surface area contributed by atoms with Gasteiger partial charge in [-0.2, -0.15) is 0 Å². The van der Waals surface area contributed by atoms with Gasteiger partial charge in [-0.3, -0.25) is 4.79 Å². The molecular weight excluding hydrogens is 188 g/mol. The van der Waals surface area contributed by atoms with Crippen LogP contribution in [-0.2, 0) is 4.79 Å². The summed E-state index contributed by atoms with van der Waals surface area (Å²) in [6, 6.07) is 8.71. The fourth-order valence-corrected chi connectivity index (χ4v) is 0.979. The van der Waals surface area contributed by atoms with Crippen LogP contribution in [0.4, 0.5) is 0 Å². The molecule has 1 N–H and O–H groups in total. The van der Waals surface area contributed by atoms with Crippen molar-refractivity contribution in [3.05, 3.63) is 30.3 Å². The van der Waals surface area contributed by atoms with E-state index < -0.39 is 0 Å². The number of carbonyl (C=O) groups excluding carboxylic acids is 1. The Morgan fingerprint density at radius 1 is 1.20 bits per heavy atom. The number of hydrogen-bond acceptors (Lipinski definition) is 2. The minimum absolute atomic E-state index is 0.322. The monoisotopic (exact) mass is 208 g/mol. The van der Waals surface area contributed by atoms with Crippen molar-refractivity contribution in [2.45, 2.75) is 39.5 Å². The summed E-state index contributed by atoms with van der Waals surface area (Å²) in [5.74, 6) is 0.717. The second-order valence-electron chi connectivity index (χ2n) is 3.33. The van der Waals surface area contributed by atoms with Crippen molar-refractivity contribution in [2.75, 3.05) is 0 Å². The van der Waals surface area contributed by atoms with Crippen molar-refractivity contribution in [1.82, 2.24) is 0 Å². The Bertz CT molecular complexity index is 254. The van der Waals surface area contributed by atoms with Crippen molar-refractivity contribution in [2.24, 2.45) is 0 Å².